The number of aliphatic imine (C=N–C) groups is 1. The number of amides is 1. The number of nitrogens with zero attached hydrogens (tertiary/aromatic N) is 3. The van der Waals surface area contributed by atoms with Gasteiger partial charge in [-0.3, -0.25) is 10.2 Å². The van der Waals surface area contributed by atoms with Crippen LogP contribution in [-0.4, -0.2) is 40.2 Å². The molecule has 2 aliphatic heterocycles. The molecule has 7 nitrogen and oxygen atoms in total. The van der Waals surface area contributed by atoms with E-state index in [0.29, 0.717) is 30.0 Å². The van der Waals surface area contributed by atoms with E-state index in [1.807, 2.05) is 43.3 Å². The van der Waals surface area contributed by atoms with Gasteiger partial charge in [0.15, 0.2) is 5.84 Å². The van der Waals surface area contributed by atoms with E-state index in [-0.39, 0.29) is 11.4 Å². The number of fused-ring (bicyclic) bond motifs is 1. The summed E-state index contributed by atoms with van der Waals surface area (Å²) in [5, 5.41) is 15.5. The number of hydrazone groups is 1. The Labute approximate surface area is 204 Å². The van der Waals surface area contributed by atoms with Gasteiger partial charge in [-0.15, -0.1) is 0 Å². The normalized spacial score (nSPS) is 17.4. The van der Waals surface area contributed by atoms with E-state index in [2.05, 4.69) is 36.1 Å². The molecule has 2 heterocycles. The van der Waals surface area contributed by atoms with Crippen molar-refractivity contribution in [3.05, 3.63) is 65.2 Å². The standard InChI is InChI=1S/C26H28N4O3S/c1-4-17(3)19-8-12-21(13-9-19)33-15-14-32-20-10-6-18(7-11-20)16-22-24(27)30-26(28-25(22)31)34-23(5-2)29-30/h6-13,16-17,27H,4-5,14-15H2,1-3H3/b22-16+,27-24?. The molecular formula is C26H28N4O3S. The molecule has 0 fully saturated rings. The molecule has 1 N–H and O–H groups in total. The topological polar surface area (TPSA) is 87.3 Å². The van der Waals surface area contributed by atoms with Gasteiger partial charge in [0.2, 0.25) is 5.17 Å². The van der Waals surface area contributed by atoms with E-state index < -0.39 is 5.91 Å². The third-order valence-electron chi connectivity index (χ3n) is 5.67. The molecule has 0 radical (unpaired) electrons. The third kappa shape index (κ3) is 5.39. The fourth-order valence-corrected chi connectivity index (χ4v) is 4.27. The van der Waals surface area contributed by atoms with Crippen LogP contribution in [0.1, 0.15) is 50.7 Å². The molecule has 2 aromatic carbocycles. The smallest absolute Gasteiger partial charge is 0.283 e. The fraction of sp³-hybridized carbons (Fsp3) is 0.308. The van der Waals surface area contributed by atoms with Gasteiger partial charge in [0.1, 0.15) is 29.8 Å². The van der Waals surface area contributed by atoms with Crippen LogP contribution in [0.25, 0.3) is 6.08 Å². The van der Waals surface area contributed by atoms with Crippen LogP contribution in [0.2, 0.25) is 0 Å². The van der Waals surface area contributed by atoms with E-state index in [4.69, 9.17) is 14.9 Å². The highest BCUT2D eigenvalue weighted by Crippen LogP contribution is 2.29. The quantitative estimate of drug-likeness (QED) is 0.371. The first-order valence-electron chi connectivity index (χ1n) is 11.4. The van der Waals surface area contributed by atoms with Crippen LogP contribution >= 0.6 is 11.8 Å². The molecular weight excluding hydrogens is 448 g/mol. The van der Waals surface area contributed by atoms with Crippen LogP contribution in [0.5, 0.6) is 11.5 Å². The summed E-state index contributed by atoms with van der Waals surface area (Å²) in [6, 6.07) is 15.6. The van der Waals surface area contributed by atoms with Crippen molar-refractivity contribution in [1.82, 2.24) is 5.01 Å². The largest absolute Gasteiger partial charge is 0.490 e. The van der Waals surface area contributed by atoms with Gasteiger partial charge in [-0.2, -0.15) is 15.1 Å². The molecule has 0 saturated heterocycles. The lowest BCUT2D eigenvalue weighted by Gasteiger charge is -2.20. The van der Waals surface area contributed by atoms with Crippen LogP contribution in [0.15, 0.2) is 64.2 Å². The summed E-state index contributed by atoms with van der Waals surface area (Å²) in [5.74, 6) is 1.70. The van der Waals surface area contributed by atoms with Gasteiger partial charge in [-0.25, -0.2) is 0 Å². The number of nitrogens with one attached hydrogen (secondary N) is 1. The van der Waals surface area contributed by atoms with Gasteiger partial charge < -0.3 is 9.47 Å². The van der Waals surface area contributed by atoms with Crippen molar-refractivity contribution in [3.63, 3.8) is 0 Å². The molecule has 0 saturated carbocycles. The molecule has 0 aliphatic carbocycles. The molecule has 0 aromatic heterocycles. The zero-order valence-electron chi connectivity index (χ0n) is 19.6. The van der Waals surface area contributed by atoms with Crippen molar-refractivity contribution in [1.29, 1.82) is 5.41 Å². The highest BCUT2D eigenvalue weighted by atomic mass is 32.2. The van der Waals surface area contributed by atoms with Crippen molar-refractivity contribution in [3.8, 4) is 11.5 Å². The first-order valence-corrected chi connectivity index (χ1v) is 12.2. The molecule has 0 spiro atoms. The average Bonchev–Trinajstić information content (AvgIpc) is 3.28. The van der Waals surface area contributed by atoms with Gasteiger partial charge in [-0.05, 0) is 72.0 Å². The van der Waals surface area contributed by atoms with Gasteiger partial charge in [0.05, 0.1) is 5.57 Å². The second kappa shape index (κ2) is 10.7. The number of benzene rings is 2. The predicted molar refractivity (Wildman–Crippen MR) is 138 cm³/mol. The van der Waals surface area contributed by atoms with Crippen LogP contribution in [-0.2, 0) is 4.79 Å². The molecule has 1 unspecified atom stereocenters. The number of carbonyl (C=O) groups is 1. The first kappa shape index (κ1) is 23.8. The first-order chi connectivity index (χ1) is 16.5. The molecule has 2 aromatic rings. The van der Waals surface area contributed by atoms with E-state index in [1.54, 1.807) is 6.08 Å². The number of thioether (sulfide) groups is 1. The summed E-state index contributed by atoms with van der Waals surface area (Å²) in [6.45, 7) is 7.24. The number of ether oxygens (including phenoxy) is 2. The predicted octanol–water partition coefficient (Wildman–Crippen LogP) is 5.69. The summed E-state index contributed by atoms with van der Waals surface area (Å²) in [4.78, 5) is 16.5. The Morgan fingerprint density at radius 3 is 2.24 bits per heavy atom. The molecule has 1 amide bonds. The maximum absolute atomic E-state index is 12.4. The lowest BCUT2D eigenvalue weighted by Crippen LogP contribution is -2.35. The summed E-state index contributed by atoms with van der Waals surface area (Å²) in [6.07, 6.45) is 3.51. The number of carbonyl (C=O) groups excluding carboxylic acids is 1. The number of amidine groups is 2. The minimum Gasteiger partial charge on any atom is -0.490 e. The minimum atomic E-state index is -0.425. The van der Waals surface area contributed by atoms with E-state index in [9.17, 15) is 4.79 Å². The monoisotopic (exact) mass is 476 g/mol. The van der Waals surface area contributed by atoms with Crippen LogP contribution in [0.3, 0.4) is 0 Å². The van der Waals surface area contributed by atoms with Crippen LogP contribution in [0, 0.1) is 5.41 Å². The Hall–Kier alpha value is -3.39. The Morgan fingerprint density at radius 2 is 1.65 bits per heavy atom. The Balaban J connectivity index is 1.30. The number of hydrogen-bond donors (Lipinski definition) is 1. The molecule has 2 aliphatic rings. The zero-order chi connectivity index (χ0) is 24.1. The highest BCUT2D eigenvalue weighted by molar-refractivity contribution is 8.26. The van der Waals surface area contributed by atoms with Crippen molar-refractivity contribution < 1.29 is 14.3 Å². The minimum absolute atomic E-state index is 0.0422. The molecule has 34 heavy (non-hydrogen) atoms. The fourth-order valence-electron chi connectivity index (χ4n) is 3.45. The molecule has 1 atom stereocenters. The third-order valence-corrected chi connectivity index (χ3v) is 6.72. The lowest BCUT2D eigenvalue weighted by molar-refractivity contribution is -0.114. The second-order valence-electron chi connectivity index (χ2n) is 8.01. The van der Waals surface area contributed by atoms with E-state index in [1.165, 1.54) is 22.3 Å². The Bertz CT molecular complexity index is 1150. The Kier molecular flexibility index (Phi) is 7.47. The molecule has 4 rings (SSSR count). The summed E-state index contributed by atoms with van der Waals surface area (Å²) in [7, 11) is 0. The SMILES string of the molecule is CCC1=NN2C(=N)/C(=C\c3ccc(OCCOc4ccc(C(C)CC)cc4)cc3)C(=O)N=C2S1. The number of rotatable bonds is 9. The van der Waals surface area contributed by atoms with Crippen molar-refractivity contribution in [2.45, 2.75) is 39.5 Å². The van der Waals surface area contributed by atoms with Gasteiger partial charge >= 0.3 is 0 Å². The van der Waals surface area contributed by atoms with E-state index in [0.717, 1.165) is 29.2 Å². The summed E-state index contributed by atoms with van der Waals surface area (Å²) >= 11 is 1.33. The maximum Gasteiger partial charge on any atom is 0.283 e. The van der Waals surface area contributed by atoms with Gasteiger partial charge in [0.25, 0.3) is 5.91 Å². The average molecular weight is 477 g/mol. The summed E-state index contributed by atoms with van der Waals surface area (Å²) in [5.41, 5.74) is 2.31. The molecule has 0 bridgehead atoms. The van der Waals surface area contributed by atoms with E-state index >= 15 is 0 Å². The lowest BCUT2D eigenvalue weighted by atomic mass is 9.99. The maximum atomic E-state index is 12.4. The van der Waals surface area contributed by atoms with Gasteiger partial charge in [-0.1, -0.05) is 45.0 Å². The second-order valence-corrected chi connectivity index (χ2v) is 9.05. The highest BCUT2D eigenvalue weighted by Gasteiger charge is 2.35. The van der Waals surface area contributed by atoms with Gasteiger partial charge in [0, 0.05) is 0 Å². The Morgan fingerprint density at radius 1 is 1.03 bits per heavy atom. The molecule has 8 heteroatoms. The molecule has 176 valence electrons. The van der Waals surface area contributed by atoms with Crippen LogP contribution in [0.4, 0.5) is 0 Å². The van der Waals surface area contributed by atoms with Crippen molar-refractivity contribution in [2.75, 3.05) is 13.2 Å². The zero-order valence-corrected chi connectivity index (χ0v) is 20.4. The number of hydrogen-bond acceptors (Lipinski definition) is 6. The van der Waals surface area contributed by atoms with Crippen LogP contribution < -0.4 is 9.47 Å². The summed E-state index contributed by atoms with van der Waals surface area (Å²) < 4.78 is 11.5. The van der Waals surface area contributed by atoms with Crippen molar-refractivity contribution >= 4 is 39.8 Å². The van der Waals surface area contributed by atoms with Crippen molar-refractivity contribution in [2.24, 2.45) is 10.1 Å².